The van der Waals surface area contributed by atoms with Gasteiger partial charge in [-0.2, -0.15) is 0 Å². The summed E-state index contributed by atoms with van der Waals surface area (Å²) >= 11 is 0. The largest absolute Gasteiger partial charge is 0.394 e. The minimum Gasteiger partial charge on any atom is -0.394 e. The lowest BCUT2D eigenvalue weighted by molar-refractivity contribution is -0.362. The van der Waals surface area contributed by atoms with Gasteiger partial charge in [0.2, 0.25) is 23.6 Å². The summed E-state index contributed by atoms with van der Waals surface area (Å²) in [6.07, 6.45) is -26.9. The second kappa shape index (κ2) is 20.4. The van der Waals surface area contributed by atoms with Crippen molar-refractivity contribution < 1.29 is 103 Å². The second-order valence-corrected chi connectivity index (χ2v) is 14.1. The van der Waals surface area contributed by atoms with E-state index in [4.69, 9.17) is 33.2 Å². The molecule has 0 saturated carbocycles. The van der Waals surface area contributed by atoms with Gasteiger partial charge in [-0.25, -0.2) is 0 Å². The summed E-state index contributed by atoms with van der Waals surface area (Å²) in [7, 11) is 0. The molecule has 4 saturated heterocycles. The van der Waals surface area contributed by atoms with Gasteiger partial charge in [0.05, 0.1) is 26.4 Å². The lowest BCUT2D eigenvalue weighted by atomic mass is 9.93. The summed E-state index contributed by atoms with van der Waals surface area (Å²) in [5, 5.41) is 116. The third-order valence-corrected chi connectivity index (χ3v) is 9.81. The number of amides is 4. The number of nitrogens with one attached hydrogen (secondary N) is 4. The highest BCUT2D eigenvalue weighted by atomic mass is 16.8. The van der Waals surface area contributed by atoms with Gasteiger partial charge < -0.3 is 105 Å². The Morgan fingerprint density at radius 3 is 1.04 bits per heavy atom. The van der Waals surface area contributed by atoms with Gasteiger partial charge in [-0.15, -0.1) is 0 Å². The highest BCUT2D eigenvalue weighted by Crippen LogP contribution is 2.34. The molecule has 57 heavy (non-hydrogen) atoms. The number of hydrogen-bond acceptors (Lipinski definition) is 21. The molecule has 3 unspecified atom stereocenters. The van der Waals surface area contributed by atoms with Crippen molar-refractivity contribution in [3.63, 3.8) is 0 Å². The molecule has 0 aromatic rings. The predicted octanol–water partition coefficient (Wildman–Crippen LogP) is -9.17. The van der Waals surface area contributed by atoms with Crippen LogP contribution >= 0.6 is 0 Å². The predicted molar refractivity (Wildman–Crippen MR) is 180 cm³/mol. The average molecular weight is 831 g/mol. The first-order valence-electron chi connectivity index (χ1n) is 18.1. The van der Waals surface area contributed by atoms with Gasteiger partial charge in [0.15, 0.2) is 25.2 Å². The van der Waals surface area contributed by atoms with Crippen molar-refractivity contribution in [1.29, 1.82) is 0 Å². The van der Waals surface area contributed by atoms with Crippen LogP contribution in [0.15, 0.2) is 0 Å². The van der Waals surface area contributed by atoms with Crippen LogP contribution in [-0.2, 0) is 52.3 Å². The molecule has 4 aliphatic rings. The van der Waals surface area contributed by atoms with E-state index in [2.05, 4.69) is 21.3 Å². The van der Waals surface area contributed by atoms with Crippen LogP contribution < -0.4 is 21.3 Å². The SMILES string of the molecule is CC(=O)N[C@@H]1[C@@H](O)[C@H](OC2O[C@H](CO)[C@@H](OC3O[C@H](CO)[C@@H](OC4O[C@H](CO)[C@@H](O)[C@H](O)[C@H]4NC(C)=O)[C@H](O)[C@H]3NC(C)=O)[C@H](O)[C@H]2NC(C)=O)[C@@H](CO)O[C@@H]1O. The first-order chi connectivity index (χ1) is 26.9. The number of rotatable bonds is 14. The normalized spacial score (nSPS) is 43.8. The summed E-state index contributed by atoms with van der Waals surface area (Å²) in [6, 6.07) is -6.15. The Kier molecular flexibility index (Phi) is 16.8. The molecule has 4 amide bonds. The molecule has 4 heterocycles. The van der Waals surface area contributed by atoms with Gasteiger partial charge >= 0.3 is 0 Å². The summed E-state index contributed by atoms with van der Waals surface area (Å²) < 4.78 is 40.6. The molecule has 0 aromatic heterocycles. The Morgan fingerprint density at radius 2 is 0.702 bits per heavy atom. The molecule has 4 aliphatic heterocycles. The fraction of sp³-hybridized carbons (Fsp3) is 0.875. The second-order valence-electron chi connectivity index (χ2n) is 14.1. The highest BCUT2D eigenvalue weighted by Gasteiger charge is 2.56. The zero-order chi connectivity index (χ0) is 42.5. The highest BCUT2D eigenvalue weighted by molar-refractivity contribution is 5.74. The van der Waals surface area contributed by atoms with E-state index in [1.54, 1.807) is 0 Å². The summed E-state index contributed by atoms with van der Waals surface area (Å²) in [6.45, 7) is 0.884. The number of hydrogen-bond donors (Lipinski definition) is 14. The van der Waals surface area contributed by atoms with Gasteiger partial charge in [0.25, 0.3) is 0 Å². The van der Waals surface area contributed by atoms with Crippen LogP contribution in [0.25, 0.3) is 0 Å². The van der Waals surface area contributed by atoms with Crippen molar-refractivity contribution in [3.05, 3.63) is 0 Å². The van der Waals surface area contributed by atoms with Crippen molar-refractivity contribution in [3.8, 4) is 0 Å². The van der Waals surface area contributed by atoms with Crippen molar-refractivity contribution in [1.82, 2.24) is 21.3 Å². The molecular formula is C32H54N4O21. The van der Waals surface area contributed by atoms with Gasteiger partial charge in [-0.05, 0) is 0 Å². The van der Waals surface area contributed by atoms with Gasteiger partial charge in [-0.1, -0.05) is 0 Å². The molecule has 20 atom stereocenters. The summed E-state index contributed by atoms with van der Waals surface area (Å²) in [4.78, 5) is 48.5. The monoisotopic (exact) mass is 830 g/mol. The minimum atomic E-state index is -1.89. The molecule has 0 bridgehead atoms. The maximum absolute atomic E-state index is 12.4. The fourth-order valence-corrected chi connectivity index (χ4v) is 7.17. The van der Waals surface area contributed by atoms with E-state index in [0.717, 1.165) is 27.7 Å². The standard InChI is InChI=1S/C32H54N4O21/c1-9(41)33-17-23(47)26(14(6-38)51-29(17)50)55-31-19(35-11(3)43)25(49)28(16(8-40)53-31)57-32-20(36-12(4)44)24(48)27(15(7-39)54-32)56-30-18(34-10(2)42)22(46)21(45)13(5-37)52-30/h13-32,37-40,45-50H,5-8H2,1-4H3,(H,33,41)(H,34,42)(H,35,43)(H,36,44)/t13-,14-,15-,16-,17-,18-,19-,20-,21-,22-,23-,24-,25-,26-,27-,28-,29+,30?,31?,32?/m1/s1. The fourth-order valence-electron chi connectivity index (χ4n) is 7.17. The van der Waals surface area contributed by atoms with Gasteiger partial charge in [0, 0.05) is 27.7 Å². The number of carbonyl (C=O) groups is 4. The van der Waals surface area contributed by atoms with Crippen LogP contribution in [0.4, 0.5) is 0 Å². The molecule has 14 N–H and O–H groups in total. The van der Waals surface area contributed by atoms with Crippen LogP contribution in [0.2, 0.25) is 0 Å². The van der Waals surface area contributed by atoms with Crippen LogP contribution in [-0.4, -0.2) is 224 Å². The maximum Gasteiger partial charge on any atom is 0.217 e. The topological polar surface area (TPSA) is 383 Å². The van der Waals surface area contributed by atoms with E-state index < -0.39 is 173 Å². The van der Waals surface area contributed by atoms with Crippen LogP contribution in [0.3, 0.4) is 0 Å². The van der Waals surface area contributed by atoms with E-state index in [1.807, 2.05) is 0 Å². The zero-order valence-corrected chi connectivity index (χ0v) is 31.3. The number of aliphatic hydroxyl groups is 10. The maximum atomic E-state index is 12.4. The summed E-state index contributed by atoms with van der Waals surface area (Å²) in [5.41, 5.74) is 0. The minimum absolute atomic E-state index is 0.664. The van der Waals surface area contributed by atoms with E-state index in [-0.39, 0.29) is 0 Å². The summed E-state index contributed by atoms with van der Waals surface area (Å²) in [5.74, 6) is -2.84. The van der Waals surface area contributed by atoms with Gasteiger partial charge in [-0.3, -0.25) is 19.2 Å². The number of carbonyl (C=O) groups excluding carboxylic acids is 4. The van der Waals surface area contributed by atoms with Crippen molar-refractivity contribution in [2.75, 3.05) is 26.4 Å². The Labute approximate surface area is 325 Å². The lowest BCUT2D eigenvalue weighted by Crippen LogP contribution is -2.71. The Balaban J connectivity index is 1.61. The molecule has 0 radical (unpaired) electrons. The molecule has 0 spiro atoms. The first kappa shape index (κ1) is 46.9. The van der Waals surface area contributed by atoms with Crippen LogP contribution in [0, 0.1) is 0 Å². The number of ether oxygens (including phenoxy) is 7. The average Bonchev–Trinajstić information content (AvgIpc) is 3.14. The van der Waals surface area contributed by atoms with E-state index in [1.165, 1.54) is 0 Å². The molecule has 4 rings (SSSR count). The van der Waals surface area contributed by atoms with E-state index in [0.29, 0.717) is 0 Å². The first-order valence-corrected chi connectivity index (χ1v) is 18.1. The van der Waals surface area contributed by atoms with Crippen LogP contribution in [0.5, 0.6) is 0 Å². The Bertz CT molecular complexity index is 1370. The quantitative estimate of drug-likeness (QED) is 0.0773. The third-order valence-electron chi connectivity index (χ3n) is 9.81. The zero-order valence-electron chi connectivity index (χ0n) is 31.3. The van der Waals surface area contributed by atoms with Gasteiger partial charge in [0.1, 0.15) is 97.4 Å². The smallest absolute Gasteiger partial charge is 0.217 e. The van der Waals surface area contributed by atoms with Crippen molar-refractivity contribution in [2.45, 2.75) is 150 Å². The molecular weight excluding hydrogens is 776 g/mol. The van der Waals surface area contributed by atoms with Crippen molar-refractivity contribution >= 4 is 23.6 Å². The lowest BCUT2D eigenvalue weighted by Gasteiger charge is -2.51. The molecule has 25 nitrogen and oxygen atoms in total. The number of aliphatic hydroxyl groups excluding tert-OH is 10. The van der Waals surface area contributed by atoms with Crippen LogP contribution in [0.1, 0.15) is 27.7 Å². The molecule has 25 heteroatoms. The Hall–Kier alpha value is -2.80. The van der Waals surface area contributed by atoms with Crippen molar-refractivity contribution in [2.24, 2.45) is 0 Å². The molecule has 0 aromatic carbocycles. The molecule has 0 aliphatic carbocycles. The Morgan fingerprint density at radius 1 is 0.421 bits per heavy atom. The molecule has 4 fully saturated rings. The van der Waals surface area contributed by atoms with E-state index >= 15 is 0 Å². The molecule has 328 valence electrons. The van der Waals surface area contributed by atoms with E-state index in [9.17, 15) is 70.2 Å². The third kappa shape index (κ3) is 10.9.